The topological polar surface area (TPSA) is 40.1 Å². The summed E-state index contributed by atoms with van der Waals surface area (Å²) >= 11 is 0. The smallest absolute Gasteiger partial charge is 0.0414 e. The normalized spacial score (nSPS) is 10.7. The van der Waals surface area contributed by atoms with Gasteiger partial charge in [-0.2, -0.15) is 0 Å². The molecule has 0 rings (SSSR count). The second-order valence-electron chi connectivity index (χ2n) is 5.71. The summed E-state index contributed by atoms with van der Waals surface area (Å²) in [5, 5.41) is 10.2. The first-order valence-corrected chi connectivity index (χ1v) is 8.62. The molecule has 0 N–H and O–H groups in total. The molecule has 0 aromatic carbocycles. The molecule has 0 aliphatic heterocycles. The molecule has 0 amide bonds. The Bertz CT molecular complexity index is 239. The van der Waals surface area contributed by atoms with Gasteiger partial charge in [0.1, 0.15) is 0 Å². The summed E-state index contributed by atoms with van der Waals surface area (Å²) in [6.07, 6.45) is 20.9. The maximum absolute atomic E-state index is 10.2. The van der Waals surface area contributed by atoms with Gasteiger partial charge in [-0.1, -0.05) is 70.4 Å². The molecule has 0 aromatic heterocycles. The van der Waals surface area contributed by atoms with Gasteiger partial charge in [0.25, 0.3) is 0 Å². The van der Waals surface area contributed by atoms with Crippen LogP contribution in [0.15, 0.2) is 12.2 Å². The Balaban J connectivity index is 0. The predicted octanol–water partition coefficient (Wildman–Crippen LogP) is 4.77. The Labute approximate surface area is 142 Å². The minimum absolute atomic E-state index is 0. The average molecular weight is 340 g/mol. The van der Waals surface area contributed by atoms with Crippen LogP contribution in [-0.4, -0.2) is 5.97 Å². The molecule has 0 bridgehead atoms. The summed E-state index contributed by atoms with van der Waals surface area (Å²) in [6, 6.07) is 0. The van der Waals surface area contributed by atoms with Crippen LogP contribution in [0.3, 0.4) is 0 Å². The Hall–Kier alpha value is -0.284. The van der Waals surface area contributed by atoms with E-state index in [2.05, 4.69) is 19.1 Å². The second kappa shape index (κ2) is 19.7. The number of hydrogen-bond donors (Lipinski definition) is 0. The van der Waals surface area contributed by atoms with E-state index < -0.39 is 5.97 Å². The molecule has 2 nitrogen and oxygen atoms in total. The molecule has 0 unspecified atom stereocenters. The van der Waals surface area contributed by atoms with Crippen molar-refractivity contribution >= 4 is 5.97 Å². The van der Waals surface area contributed by atoms with Gasteiger partial charge >= 0.3 is 0 Å². The van der Waals surface area contributed by atoms with Gasteiger partial charge in [0.15, 0.2) is 0 Å². The molecule has 127 valence electrons. The molecule has 0 heterocycles. The third kappa shape index (κ3) is 22.1. The summed E-state index contributed by atoms with van der Waals surface area (Å²) in [5.41, 5.74) is 0. The van der Waals surface area contributed by atoms with Crippen LogP contribution in [0.25, 0.3) is 0 Å². The Morgan fingerprint density at radius 2 is 1.19 bits per heavy atom. The Kier molecular flexibility index (Phi) is 21.6. The summed E-state index contributed by atoms with van der Waals surface area (Å²) in [5.74, 6) is -0.914. The Morgan fingerprint density at radius 3 is 1.67 bits per heavy atom. The van der Waals surface area contributed by atoms with E-state index in [9.17, 15) is 9.90 Å². The number of hydrogen-bond acceptors (Lipinski definition) is 2. The van der Waals surface area contributed by atoms with E-state index in [1.807, 2.05) is 0 Å². The molecular weight excluding hydrogens is 307 g/mol. The molecule has 0 aliphatic rings. The van der Waals surface area contributed by atoms with Crippen LogP contribution in [0, 0.1) is 0 Å². The SMILES string of the molecule is CCCCCCCC/C=C\CCCCCCCC(=O)[O-].[Co]. The molecule has 1 radical (unpaired) electrons. The van der Waals surface area contributed by atoms with Gasteiger partial charge in [-0.25, -0.2) is 0 Å². The zero-order valence-electron chi connectivity index (χ0n) is 13.7. The molecule has 0 saturated heterocycles. The standard InChI is InChI=1S/C18H34O2.Co/c1-2-3-4-5-6-7-8-9-10-11-12-13-14-15-16-17-18(19)20;/h9-10H,2-8,11-17H2,1H3,(H,19,20);/p-1/b10-9-;. The number of rotatable bonds is 15. The Morgan fingerprint density at radius 1 is 0.762 bits per heavy atom. The number of allylic oxidation sites excluding steroid dienone is 2. The van der Waals surface area contributed by atoms with Crippen LogP contribution < -0.4 is 5.11 Å². The molecule has 21 heavy (non-hydrogen) atoms. The van der Waals surface area contributed by atoms with Crippen molar-refractivity contribution in [1.29, 1.82) is 0 Å². The predicted molar refractivity (Wildman–Crippen MR) is 84.5 cm³/mol. The summed E-state index contributed by atoms with van der Waals surface area (Å²) < 4.78 is 0. The maximum atomic E-state index is 10.2. The molecule has 0 spiro atoms. The van der Waals surface area contributed by atoms with Crippen molar-refractivity contribution in [3.05, 3.63) is 12.2 Å². The average Bonchev–Trinajstić information content (AvgIpc) is 2.43. The fourth-order valence-electron chi connectivity index (χ4n) is 2.34. The van der Waals surface area contributed by atoms with E-state index in [4.69, 9.17) is 0 Å². The molecular formula is C18H33CoO2-. The van der Waals surface area contributed by atoms with Gasteiger partial charge in [-0.15, -0.1) is 0 Å². The van der Waals surface area contributed by atoms with E-state index in [-0.39, 0.29) is 23.2 Å². The van der Waals surface area contributed by atoms with Crippen LogP contribution in [0.2, 0.25) is 0 Å². The van der Waals surface area contributed by atoms with E-state index in [1.165, 1.54) is 64.2 Å². The van der Waals surface area contributed by atoms with Crippen LogP contribution in [-0.2, 0) is 21.6 Å². The first kappa shape index (κ1) is 23.0. The number of carbonyl (C=O) groups is 1. The molecule has 3 heteroatoms. The minimum Gasteiger partial charge on any atom is -0.550 e. The van der Waals surface area contributed by atoms with Crippen molar-refractivity contribution in [2.24, 2.45) is 0 Å². The van der Waals surface area contributed by atoms with Gasteiger partial charge in [-0.3, -0.25) is 0 Å². The maximum Gasteiger partial charge on any atom is 0.0414 e. The van der Waals surface area contributed by atoms with E-state index >= 15 is 0 Å². The largest absolute Gasteiger partial charge is 0.550 e. The third-order valence-corrected chi connectivity index (χ3v) is 3.64. The van der Waals surface area contributed by atoms with Gasteiger partial charge in [0.05, 0.1) is 0 Å². The second-order valence-corrected chi connectivity index (χ2v) is 5.71. The molecule has 0 fully saturated rings. The van der Waals surface area contributed by atoms with Crippen LogP contribution in [0.5, 0.6) is 0 Å². The van der Waals surface area contributed by atoms with Crippen LogP contribution in [0.1, 0.15) is 96.8 Å². The number of aliphatic carboxylic acids is 1. The summed E-state index contributed by atoms with van der Waals surface area (Å²) in [6.45, 7) is 2.26. The van der Waals surface area contributed by atoms with Crippen LogP contribution in [0.4, 0.5) is 0 Å². The van der Waals surface area contributed by atoms with Crippen molar-refractivity contribution in [2.45, 2.75) is 96.8 Å². The van der Waals surface area contributed by atoms with Crippen LogP contribution >= 0.6 is 0 Å². The molecule has 0 aromatic rings. The van der Waals surface area contributed by atoms with E-state index in [1.54, 1.807) is 0 Å². The zero-order valence-corrected chi connectivity index (χ0v) is 14.7. The van der Waals surface area contributed by atoms with Crippen molar-refractivity contribution < 1.29 is 26.7 Å². The first-order chi connectivity index (χ1) is 9.77. The van der Waals surface area contributed by atoms with Gasteiger partial charge in [0.2, 0.25) is 0 Å². The fourth-order valence-corrected chi connectivity index (χ4v) is 2.34. The van der Waals surface area contributed by atoms with E-state index in [0.717, 1.165) is 19.3 Å². The number of carbonyl (C=O) groups excluding carboxylic acids is 1. The quantitative estimate of drug-likeness (QED) is 0.318. The minimum atomic E-state index is -0.914. The molecule has 0 saturated carbocycles. The summed E-state index contributed by atoms with van der Waals surface area (Å²) in [7, 11) is 0. The van der Waals surface area contributed by atoms with Crippen molar-refractivity contribution in [2.75, 3.05) is 0 Å². The van der Waals surface area contributed by atoms with E-state index in [0.29, 0.717) is 0 Å². The van der Waals surface area contributed by atoms with Gasteiger partial charge < -0.3 is 9.90 Å². The third-order valence-electron chi connectivity index (χ3n) is 3.64. The fraction of sp³-hybridized carbons (Fsp3) is 0.833. The van der Waals surface area contributed by atoms with Crippen molar-refractivity contribution in [3.8, 4) is 0 Å². The van der Waals surface area contributed by atoms with Gasteiger partial charge in [-0.05, 0) is 38.5 Å². The van der Waals surface area contributed by atoms with Gasteiger partial charge in [0, 0.05) is 22.7 Å². The van der Waals surface area contributed by atoms with Crippen molar-refractivity contribution in [1.82, 2.24) is 0 Å². The summed E-state index contributed by atoms with van der Waals surface area (Å²) in [4.78, 5) is 10.2. The van der Waals surface area contributed by atoms with Crippen molar-refractivity contribution in [3.63, 3.8) is 0 Å². The molecule has 0 atom stereocenters. The number of carboxylic acid groups (broad SMARTS) is 1. The zero-order chi connectivity index (χ0) is 14.9. The monoisotopic (exact) mass is 340 g/mol. The first-order valence-electron chi connectivity index (χ1n) is 8.62. The molecule has 0 aliphatic carbocycles. The number of unbranched alkanes of at least 4 members (excludes halogenated alkanes) is 11. The number of carboxylic acids is 1.